The largest absolute Gasteiger partial charge is 0.332 e. The molecule has 5 heteroatoms. The fraction of sp³-hybridized carbons (Fsp3) is 0.192. The Morgan fingerprint density at radius 3 is 2.26 bits per heavy atom. The number of nitrogens with zero attached hydrogens (tertiary/aromatic N) is 3. The molecule has 4 aromatic rings. The SMILES string of the molecule is Cn1c(=O)c2c(-c3ccccc3)c3c(nc2n(C)c1=O)/C(=C/c1ccccc1)CCC3. The van der Waals surface area contributed by atoms with E-state index in [0.29, 0.717) is 11.0 Å². The van der Waals surface area contributed by atoms with Crippen LogP contribution in [-0.4, -0.2) is 14.1 Å². The Morgan fingerprint density at radius 1 is 0.871 bits per heavy atom. The molecule has 0 saturated carbocycles. The van der Waals surface area contributed by atoms with Crippen LogP contribution in [0, 0.1) is 0 Å². The second kappa shape index (κ2) is 7.51. The van der Waals surface area contributed by atoms with Gasteiger partial charge in [0, 0.05) is 19.7 Å². The van der Waals surface area contributed by atoms with Gasteiger partial charge in [0.05, 0.1) is 11.1 Å². The van der Waals surface area contributed by atoms with Crippen molar-refractivity contribution in [1.82, 2.24) is 14.1 Å². The maximum absolute atomic E-state index is 13.2. The van der Waals surface area contributed by atoms with Gasteiger partial charge in [-0.1, -0.05) is 60.7 Å². The predicted molar refractivity (Wildman–Crippen MR) is 125 cm³/mol. The van der Waals surface area contributed by atoms with E-state index in [-0.39, 0.29) is 11.2 Å². The first-order valence-electron chi connectivity index (χ1n) is 10.5. The van der Waals surface area contributed by atoms with E-state index in [2.05, 4.69) is 18.2 Å². The number of hydrogen-bond donors (Lipinski definition) is 0. The highest BCUT2D eigenvalue weighted by Crippen LogP contribution is 2.39. The van der Waals surface area contributed by atoms with E-state index in [9.17, 15) is 9.59 Å². The van der Waals surface area contributed by atoms with Gasteiger partial charge in [0.1, 0.15) is 0 Å². The van der Waals surface area contributed by atoms with Gasteiger partial charge in [-0.25, -0.2) is 9.78 Å². The summed E-state index contributed by atoms with van der Waals surface area (Å²) >= 11 is 0. The third-order valence-corrected chi connectivity index (χ3v) is 6.07. The van der Waals surface area contributed by atoms with Gasteiger partial charge >= 0.3 is 5.69 Å². The zero-order valence-electron chi connectivity index (χ0n) is 17.6. The number of hydrogen-bond acceptors (Lipinski definition) is 3. The highest BCUT2D eigenvalue weighted by Gasteiger charge is 2.25. The van der Waals surface area contributed by atoms with E-state index in [0.717, 1.165) is 52.8 Å². The van der Waals surface area contributed by atoms with Crippen molar-refractivity contribution in [3.8, 4) is 11.1 Å². The molecule has 5 rings (SSSR count). The first-order valence-corrected chi connectivity index (χ1v) is 10.5. The molecule has 0 amide bonds. The second-order valence-corrected chi connectivity index (χ2v) is 8.02. The molecule has 154 valence electrons. The molecule has 5 nitrogen and oxygen atoms in total. The lowest BCUT2D eigenvalue weighted by molar-refractivity contribution is 0.705. The van der Waals surface area contributed by atoms with E-state index in [1.807, 2.05) is 48.5 Å². The van der Waals surface area contributed by atoms with Crippen molar-refractivity contribution in [3.05, 3.63) is 98.3 Å². The van der Waals surface area contributed by atoms with Crippen LogP contribution in [-0.2, 0) is 20.5 Å². The van der Waals surface area contributed by atoms with Crippen molar-refractivity contribution < 1.29 is 0 Å². The van der Waals surface area contributed by atoms with E-state index < -0.39 is 0 Å². The van der Waals surface area contributed by atoms with Crippen LogP contribution in [0.2, 0.25) is 0 Å². The van der Waals surface area contributed by atoms with Gasteiger partial charge in [-0.3, -0.25) is 13.9 Å². The van der Waals surface area contributed by atoms with Crippen LogP contribution in [0.4, 0.5) is 0 Å². The summed E-state index contributed by atoms with van der Waals surface area (Å²) in [6.45, 7) is 0. The summed E-state index contributed by atoms with van der Waals surface area (Å²) in [6.07, 6.45) is 4.92. The van der Waals surface area contributed by atoms with Crippen LogP contribution in [0.1, 0.15) is 29.7 Å². The summed E-state index contributed by atoms with van der Waals surface area (Å²) in [5.41, 5.74) is 5.88. The summed E-state index contributed by atoms with van der Waals surface area (Å²) in [7, 11) is 3.21. The molecule has 0 atom stereocenters. The Balaban J connectivity index is 1.93. The Bertz CT molecular complexity index is 1450. The standard InChI is InChI=1S/C26H23N3O2/c1-28-24-22(25(30)29(2)26(28)31)21(18-12-7-4-8-13-18)20-15-9-14-19(23(20)27-24)16-17-10-5-3-6-11-17/h3-8,10-13,16H,9,14-15H2,1-2H3/b19-16+. The van der Waals surface area contributed by atoms with Crippen molar-refractivity contribution in [3.63, 3.8) is 0 Å². The van der Waals surface area contributed by atoms with Crippen molar-refractivity contribution in [2.75, 3.05) is 0 Å². The monoisotopic (exact) mass is 409 g/mol. The summed E-state index contributed by atoms with van der Waals surface area (Å²) in [5, 5.41) is 0.510. The molecule has 0 fully saturated rings. The Labute approximate surface area is 179 Å². The lowest BCUT2D eigenvalue weighted by atomic mass is 9.84. The molecule has 0 aliphatic heterocycles. The van der Waals surface area contributed by atoms with Crippen LogP contribution in [0.5, 0.6) is 0 Å². The average Bonchev–Trinajstić information content (AvgIpc) is 2.81. The van der Waals surface area contributed by atoms with E-state index in [4.69, 9.17) is 4.98 Å². The average molecular weight is 409 g/mol. The van der Waals surface area contributed by atoms with E-state index in [1.165, 1.54) is 16.2 Å². The van der Waals surface area contributed by atoms with Crippen molar-refractivity contribution in [1.29, 1.82) is 0 Å². The third kappa shape index (κ3) is 3.13. The quantitative estimate of drug-likeness (QED) is 0.499. The van der Waals surface area contributed by atoms with Gasteiger partial charge in [-0.05, 0) is 47.6 Å². The maximum Gasteiger partial charge on any atom is 0.332 e. The predicted octanol–water partition coefficient (Wildman–Crippen LogP) is 4.18. The number of rotatable bonds is 2. The number of pyridine rings is 1. The molecule has 2 aromatic heterocycles. The van der Waals surface area contributed by atoms with Gasteiger partial charge in [-0.2, -0.15) is 0 Å². The molecule has 1 aliphatic carbocycles. The van der Waals surface area contributed by atoms with Crippen LogP contribution in [0.15, 0.2) is 70.3 Å². The molecule has 2 aromatic carbocycles. The fourth-order valence-electron chi connectivity index (χ4n) is 4.52. The zero-order chi connectivity index (χ0) is 21.5. The first-order chi connectivity index (χ1) is 15.1. The Kier molecular flexibility index (Phi) is 4.66. The molecule has 0 unspecified atom stereocenters. The van der Waals surface area contributed by atoms with Gasteiger partial charge < -0.3 is 0 Å². The highest BCUT2D eigenvalue weighted by molar-refractivity contribution is 5.98. The van der Waals surface area contributed by atoms with Crippen molar-refractivity contribution in [2.45, 2.75) is 19.3 Å². The van der Waals surface area contributed by atoms with Crippen molar-refractivity contribution >= 4 is 22.7 Å². The number of aromatic nitrogens is 3. The van der Waals surface area contributed by atoms with Gasteiger partial charge in [0.25, 0.3) is 5.56 Å². The third-order valence-electron chi connectivity index (χ3n) is 6.07. The molecule has 0 bridgehead atoms. The van der Waals surface area contributed by atoms with E-state index in [1.54, 1.807) is 7.05 Å². The summed E-state index contributed by atoms with van der Waals surface area (Å²) in [5.74, 6) is 0. The topological polar surface area (TPSA) is 56.9 Å². The molecule has 0 spiro atoms. The molecule has 0 radical (unpaired) electrons. The maximum atomic E-state index is 13.2. The minimum Gasteiger partial charge on any atom is -0.280 e. The molecular weight excluding hydrogens is 386 g/mol. The normalized spacial score (nSPS) is 14.7. The smallest absolute Gasteiger partial charge is 0.280 e. The van der Waals surface area contributed by atoms with Crippen LogP contribution < -0.4 is 11.2 Å². The summed E-state index contributed by atoms with van der Waals surface area (Å²) in [6, 6.07) is 20.2. The van der Waals surface area contributed by atoms with E-state index >= 15 is 0 Å². The lowest BCUT2D eigenvalue weighted by Gasteiger charge is -2.24. The van der Waals surface area contributed by atoms with Crippen molar-refractivity contribution in [2.24, 2.45) is 14.1 Å². The van der Waals surface area contributed by atoms with Gasteiger partial charge in [0.15, 0.2) is 5.65 Å². The molecule has 31 heavy (non-hydrogen) atoms. The van der Waals surface area contributed by atoms with Gasteiger partial charge in [-0.15, -0.1) is 0 Å². The summed E-state index contributed by atoms with van der Waals surface area (Å²) in [4.78, 5) is 30.8. The van der Waals surface area contributed by atoms with Gasteiger partial charge in [0.2, 0.25) is 0 Å². The highest BCUT2D eigenvalue weighted by atomic mass is 16.2. The fourth-order valence-corrected chi connectivity index (χ4v) is 4.52. The Morgan fingerprint density at radius 2 is 1.55 bits per heavy atom. The van der Waals surface area contributed by atoms with Crippen LogP contribution >= 0.6 is 0 Å². The molecule has 1 aliphatic rings. The Hall–Kier alpha value is -3.73. The number of allylic oxidation sites excluding steroid dienone is 1. The lowest BCUT2D eigenvalue weighted by Crippen LogP contribution is -2.38. The molecule has 0 saturated heterocycles. The zero-order valence-corrected chi connectivity index (χ0v) is 17.6. The second-order valence-electron chi connectivity index (χ2n) is 8.02. The summed E-state index contributed by atoms with van der Waals surface area (Å²) < 4.78 is 2.66. The molecule has 2 heterocycles. The number of benzene rings is 2. The number of fused-ring (bicyclic) bond motifs is 2. The minimum absolute atomic E-state index is 0.300. The molecular formula is C26H23N3O2. The minimum atomic E-state index is -0.367. The van der Waals surface area contributed by atoms with Crippen LogP contribution in [0.25, 0.3) is 33.8 Å². The molecule has 0 N–H and O–H groups in total. The first kappa shape index (κ1) is 19.2. The van der Waals surface area contributed by atoms with Crippen LogP contribution in [0.3, 0.4) is 0 Å². The number of aryl methyl sites for hydroxylation is 1.